The van der Waals surface area contributed by atoms with Crippen LogP contribution in [0.4, 0.5) is 0 Å². The first-order valence-corrected chi connectivity index (χ1v) is 5.03. The Balaban J connectivity index is 2.98. The van der Waals surface area contributed by atoms with Crippen LogP contribution in [0, 0.1) is 0 Å². The van der Waals surface area contributed by atoms with Gasteiger partial charge in [0.15, 0.2) is 11.5 Å². The summed E-state index contributed by atoms with van der Waals surface area (Å²) < 4.78 is 9.47. The van der Waals surface area contributed by atoms with Gasteiger partial charge in [0.05, 0.1) is 13.7 Å². The molecule has 0 amide bonds. The molecule has 0 bridgehead atoms. The summed E-state index contributed by atoms with van der Waals surface area (Å²) in [6.45, 7) is 2.07. The first-order valence-electron chi connectivity index (χ1n) is 5.03. The average Bonchev–Trinajstić information content (AvgIpc) is 2.30. The molecule has 0 aliphatic heterocycles. The van der Waals surface area contributed by atoms with Gasteiger partial charge >= 0.3 is 5.97 Å². The topological polar surface area (TPSA) is 76.0 Å². The van der Waals surface area contributed by atoms with E-state index in [4.69, 9.17) is 4.74 Å². The highest BCUT2D eigenvalue weighted by atomic mass is 16.5. The smallest absolute Gasteiger partial charge is 0.330 e. The van der Waals surface area contributed by atoms with Crippen molar-refractivity contribution in [3.05, 3.63) is 23.8 Å². The van der Waals surface area contributed by atoms with Crippen molar-refractivity contribution in [2.75, 3.05) is 13.7 Å². The van der Waals surface area contributed by atoms with Gasteiger partial charge in [-0.05, 0) is 30.7 Å². The lowest BCUT2D eigenvalue weighted by molar-refractivity contribution is -0.134. The van der Waals surface area contributed by atoms with Crippen LogP contribution in [0.2, 0.25) is 0 Å². The zero-order valence-electron chi connectivity index (χ0n) is 9.64. The quantitative estimate of drug-likeness (QED) is 0.616. The third-order valence-electron chi connectivity index (χ3n) is 1.97. The first kappa shape index (κ1) is 12.9. The van der Waals surface area contributed by atoms with E-state index in [1.165, 1.54) is 31.4 Å². The molecule has 0 aliphatic carbocycles. The van der Waals surface area contributed by atoms with Crippen molar-refractivity contribution in [1.82, 2.24) is 0 Å². The van der Waals surface area contributed by atoms with Gasteiger partial charge in [-0.15, -0.1) is 0 Å². The predicted molar refractivity (Wildman–Crippen MR) is 62.0 cm³/mol. The Hall–Kier alpha value is -2.17. The molecular formula is C12H14O5. The molecule has 1 aromatic rings. The highest BCUT2D eigenvalue weighted by Gasteiger charge is 2.09. The lowest BCUT2D eigenvalue weighted by Crippen LogP contribution is -1.94. The van der Waals surface area contributed by atoms with Crippen molar-refractivity contribution < 1.29 is 24.5 Å². The summed E-state index contributed by atoms with van der Waals surface area (Å²) in [5, 5.41) is 19.2. The number of phenols is 2. The van der Waals surface area contributed by atoms with Gasteiger partial charge in [0.1, 0.15) is 0 Å². The molecule has 0 unspecified atom stereocenters. The Kier molecular flexibility index (Phi) is 4.39. The van der Waals surface area contributed by atoms with Gasteiger partial charge in [-0.1, -0.05) is 0 Å². The summed E-state index contributed by atoms with van der Waals surface area (Å²) in [5.41, 5.74) is 0.467. The maximum absolute atomic E-state index is 10.9. The Labute approximate surface area is 98.9 Å². The number of rotatable bonds is 4. The molecule has 0 saturated carbocycles. The minimum atomic E-state index is -0.516. The second-order valence-corrected chi connectivity index (χ2v) is 3.18. The van der Waals surface area contributed by atoms with Crippen LogP contribution >= 0.6 is 0 Å². The summed E-state index contributed by atoms with van der Waals surface area (Å²) in [6, 6.07) is 2.76. The molecule has 0 fully saturated rings. The lowest BCUT2D eigenvalue weighted by atomic mass is 10.1. The third-order valence-corrected chi connectivity index (χ3v) is 1.97. The zero-order chi connectivity index (χ0) is 12.8. The molecule has 92 valence electrons. The molecule has 0 aromatic heterocycles. The molecule has 0 heterocycles. The maximum atomic E-state index is 10.9. The van der Waals surface area contributed by atoms with Gasteiger partial charge in [-0.3, -0.25) is 0 Å². The predicted octanol–water partition coefficient (Wildman–Crippen LogP) is 1.68. The van der Waals surface area contributed by atoms with E-state index in [9.17, 15) is 15.0 Å². The van der Waals surface area contributed by atoms with Crippen molar-refractivity contribution in [1.29, 1.82) is 0 Å². The van der Waals surface area contributed by atoms with Crippen molar-refractivity contribution in [3.63, 3.8) is 0 Å². The molecule has 0 atom stereocenters. The summed E-state index contributed by atoms with van der Waals surface area (Å²) in [4.78, 5) is 10.9. The number of carbonyl (C=O) groups is 1. The Morgan fingerprint density at radius 1 is 1.35 bits per heavy atom. The van der Waals surface area contributed by atoms with Crippen molar-refractivity contribution in [2.45, 2.75) is 6.92 Å². The monoisotopic (exact) mass is 238 g/mol. The van der Waals surface area contributed by atoms with E-state index >= 15 is 0 Å². The fourth-order valence-corrected chi connectivity index (χ4v) is 1.24. The van der Waals surface area contributed by atoms with Crippen molar-refractivity contribution in [3.8, 4) is 17.2 Å². The standard InChI is InChI=1S/C12H14O5/c1-3-17-12-9(13)6-8(7-10(12)14)4-5-11(15)16-2/h4-7,13-14H,3H2,1-2H3. The zero-order valence-corrected chi connectivity index (χ0v) is 9.64. The number of phenolic OH excluding ortho intramolecular Hbond substituents is 2. The van der Waals surface area contributed by atoms with E-state index in [1.54, 1.807) is 6.92 Å². The van der Waals surface area contributed by atoms with E-state index in [0.717, 1.165) is 0 Å². The highest BCUT2D eigenvalue weighted by molar-refractivity contribution is 5.87. The third kappa shape index (κ3) is 3.41. The van der Waals surface area contributed by atoms with E-state index in [2.05, 4.69) is 4.74 Å². The molecular weight excluding hydrogens is 224 g/mol. The molecule has 0 aliphatic rings. The van der Waals surface area contributed by atoms with Gasteiger partial charge in [-0.2, -0.15) is 0 Å². The Morgan fingerprint density at radius 3 is 2.41 bits per heavy atom. The molecule has 0 saturated heterocycles. The number of hydrogen-bond acceptors (Lipinski definition) is 5. The van der Waals surface area contributed by atoms with Crippen LogP contribution in [-0.4, -0.2) is 29.9 Å². The molecule has 0 spiro atoms. The fraction of sp³-hybridized carbons (Fsp3) is 0.250. The summed E-state index contributed by atoms with van der Waals surface area (Å²) >= 11 is 0. The lowest BCUT2D eigenvalue weighted by Gasteiger charge is -2.08. The molecule has 1 aromatic carbocycles. The van der Waals surface area contributed by atoms with Crippen LogP contribution in [0.5, 0.6) is 17.2 Å². The average molecular weight is 238 g/mol. The van der Waals surface area contributed by atoms with Crippen LogP contribution in [0.25, 0.3) is 6.08 Å². The Bertz CT molecular complexity index is 414. The molecule has 5 nitrogen and oxygen atoms in total. The molecule has 2 N–H and O–H groups in total. The van der Waals surface area contributed by atoms with Crippen LogP contribution in [0.3, 0.4) is 0 Å². The number of benzene rings is 1. The SMILES string of the molecule is CCOc1c(O)cc(C=CC(=O)OC)cc1O. The van der Waals surface area contributed by atoms with Crippen LogP contribution in [-0.2, 0) is 9.53 Å². The second-order valence-electron chi connectivity index (χ2n) is 3.18. The Morgan fingerprint density at radius 2 is 1.94 bits per heavy atom. The normalized spacial score (nSPS) is 10.5. The summed E-state index contributed by atoms with van der Waals surface area (Å²) in [6.07, 6.45) is 2.61. The number of carbonyl (C=O) groups excluding carboxylic acids is 1. The first-order chi connectivity index (χ1) is 8.08. The number of esters is 1. The van der Waals surface area contributed by atoms with Gasteiger partial charge in [0, 0.05) is 6.08 Å². The van der Waals surface area contributed by atoms with Crippen LogP contribution < -0.4 is 4.74 Å². The summed E-state index contributed by atoms with van der Waals surface area (Å²) in [7, 11) is 1.26. The van der Waals surface area contributed by atoms with E-state index in [0.29, 0.717) is 12.2 Å². The molecule has 17 heavy (non-hydrogen) atoms. The number of ether oxygens (including phenoxy) is 2. The van der Waals surface area contributed by atoms with Crippen LogP contribution in [0.1, 0.15) is 12.5 Å². The molecule has 1 rings (SSSR count). The van der Waals surface area contributed by atoms with Gasteiger partial charge in [0.25, 0.3) is 0 Å². The number of aromatic hydroxyl groups is 2. The minimum Gasteiger partial charge on any atom is -0.504 e. The minimum absolute atomic E-state index is 0.0303. The van der Waals surface area contributed by atoms with E-state index in [1.807, 2.05) is 0 Å². The van der Waals surface area contributed by atoms with Crippen molar-refractivity contribution in [2.24, 2.45) is 0 Å². The number of hydrogen-bond donors (Lipinski definition) is 2. The number of methoxy groups -OCH3 is 1. The van der Waals surface area contributed by atoms with Crippen molar-refractivity contribution >= 4 is 12.0 Å². The highest BCUT2D eigenvalue weighted by Crippen LogP contribution is 2.37. The van der Waals surface area contributed by atoms with E-state index < -0.39 is 5.97 Å². The molecule has 5 heteroatoms. The largest absolute Gasteiger partial charge is 0.504 e. The maximum Gasteiger partial charge on any atom is 0.330 e. The second kappa shape index (κ2) is 5.79. The summed E-state index contributed by atoms with van der Waals surface area (Å²) in [5.74, 6) is -0.853. The van der Waals surface area contributed by atoms with Gasteiger partial charge in [-0.25, -0.2) is 4.79 Å². The molecule has 0 radical (unpaired) electrons. The van der Waals surface area contributed by atoms with Gasteiger partial charge in [0.2, 0.25) is 5.75 Å². The van der Waals surface area contributed by atoms with E-state index in [-0.39, 0.29) is 17.2 Å². The fourth-order valence-electron chi connectivity index (χ4n) is 1.24. The van der Waals surface area contributed by atoms with Crippen LogP contribution in [0.15, 0.2) is 18.2 Å². The van der Waals surface area contributed by atoms with Gasteiger partial charge < -0.3 is 19.7 Å².